The molecule has 1 amide bonds. The summed E-state index contributed by atoms with van der Waals surface area (Å²) in [6.07, 6.45) is 0. The van der Waals surface area contributed by atoms with Gasteiger partial charge in [-0.2, -0.15) is 0 Å². The number of benzene rings is 2. The fourth-order valence-corrected chi connectivity index (χ4v) is 2.39. The molecule has 0 aliphatic carbocycles. The molecule has 2 rings (SSSR count). The van der Waals surface area contributed by atoms with Gasteiger partial charge >= 0.3 is 11.9 Å². The fraction of sp³-hybridized carbons (Fsp3) is 0.125. The lowest BCUT2D eigenvalue weighted by Crippen LogP contribution is -2.21. The number of aromatic hydroxyl groups is 1. The molecule has 0 radical (unpaired) electrons. The van der Waals surface area contributed by atoms with E-state index in [1.54, 1.807) is 38.1 Å². The Morgan fingerprint density at radius 3 is 2.26 bits per heavy atom. The maximum absolute atomic E-state index is 11.2. The number of phenolic OH excluding ortho intramolecular Hbond substituents is 1. The summed E-state index contributed by atoms with van der Waals surface area (Å²) >= 11 is 3.22. The average Bonchev–Trinajstić information content (AvgIpc) is 2.46. The van der Waals surface area contributed by atoms with Crippen molar-refractivity contribution >= 4 is 33.5 Å². The minimum atomic E-state index is -1.55. The van der Waals surface area contributed by atoms with Crippen molar-refractivity contribution in [1.82, 2.24) is 0 Å². The van der Waals surface area contributed by atoms with Crippen LogP contribution in [0, 0.1) is 13.8 Å². The van der Waals surface area contributed by atoms with Crippen molar-refractivity contribution in [3.05, 3.63) is 45.9 Å². The van der Waals surface area contributed by atoms with E-state index in [0.29, 0.717) is 21.7 Å². The molecule has 0 fully saturated rings. The smallest absolute Gasteiger partial charge is 0.394 e. The molecule has 0 unspecified atom stereocenters. The van der Waals surface area contributed by atoms with Crippen LogP contribution in [-0.2, 0) is 9.59 Å². The molecule has 120 valence electrons. The normalized spacial score (nSPS) is 10.2. The van der Waals surface area contributed by atoms with Crippen molar-refractivity contribution in [2.24, 2.45) is 0 Å². The molecule has 6 nitrogen and oxygen atoms in total. The van der Waals surface area contributed by atoms with Crippen molar-refractivity contribution in [3.8, 4) is 17.2 Å². The number of carbonyl (C=O) groups is 2. The molecular weight excluding hydrogens is 366 g/mol. The van der Waals surface area contributed by atoms with E-state index in [-0.39, 0.29) is 5.75 Å². The van der Waals surface area contributed by atoms with Crippen LogP contribution in [-0.4, -0.2) is 22.1 Å². The maximum Gasteiger partial charge on any atom is 0.394 e. The van der Waals surface area contributed by atoms with Gasteiger partial charge in [-0.15, -0.1) is 0 Å². The van der Waals surface area contributed by atoms with E-state index in [1.165, 1.54) is 6.07 Å². The number of carboxylic acid groups (broad SMARTS) is 1. The summed E-state index contributed by atoms with van der Waals surface area (Å²) < 4.78 is 6.32. The van der Waals surface area contributed by atoms with E-state index < -0.39 is 11.9 Å². The highest BCUT2D eigenvalue weighted by molar-refractivity contribution is 9.10. The van der Waals surface area contributed by atoms with Crippen LogP contribution in [0.25, 0.3) is 0 Å². The molecule has 0 aliphatic rings. The Bertz CT molecular complexity index is 765. The van der Waals surface area contributed by atoms with Gasteiger partial charge in [-0.1, -0.05) is 0 Å². The molecule has 3 N–H and O–H groups in total. The number of aliphatic carboxylic acids is 1. The van der Waals surface area contributed by atoms with Gasteiger partial charge in [0.25, 0.3) is 0 Å². The second-order valence-corrected chi connectivity index (χ2v) is 5.77. The molecule has 0 saturated heterocycles. The van der Waals surface area contributed by atoms with Gasteiger partial charge < -0.3 is 20.3 Å². The van der Waals surface area contributed by atoms with Gasteiger partial charge in [0.1, 0.15) is 17.2 Å². The summed E-state index contributed by atoms with van der Waals surface area (Å²) in [5.74, 6) is -1.41. The Balaban J connectivity index is 2.28. The summed E-state index contributed by atoms with van der Waals surface area (Å²) in [7, 11) is 0. The number of ether oxygens (including phenoxy) is 1. The van der Waals surface area contributed by atoms with Gasteiger partial charge in [0, 0.05) is 5.69 Å². The number of halogens is 1. The lowest BCUT2D eigenvalue weighted by Gasteiger charge is -2.14. The number of rotatable bonds is 3. The number of nitrogens with one attached hydrogen (secondary N) is 1. The number of amides is 1. The first-order valence-electron chi connectivity index (χ1n) is 6.60. The van der Waals surface area contributed by atoms with Crippen LogP contribution in [0.5, 0.6) is 17.2 Å². The standard InChI is InChI=1S/C16H14BrNO5/c1-8-5-10(18-15(20)16(21)22)6-9(2)14(8)23-11-3-4-13(19)12(17)7-11/h3-7,19H,1-2H3,(H,18,20)(H,21,22). The van der Waals surface area contributed by atoms with E-state index in [9.17, 15) is 14.7 Å². The Kier molecular flexibility index (Phi) is 4.90. The lowest BCUT2D eigenvalue weighted by molar-refractivity contribution is -0.147. The average molecular weight is 380 g/mol. The molecule has 0 spiro atoms. The van der Waals surface area contributed by atoms with E-state index in [0.717, 1.165) is 11.1 Å². The van der Waals surface area contributed by atoms with Gasteiger partial charge in [0.15, 0.2) is 0 Å². The highest BCUT2D eigenvalue weighted by Crippen LogP contribution is 2.34. The molecule has 7 heteroatoms. The van der Waals surface area contributed by atoms with Crippen molar-refractivity contribution < 1.29 is 24.5 Å². The molecule has 0 aromatic heterocycles. The zero-order valence-corrected chi connectivity index (χ0v) is 14.0. The molecule has 0 heterocycles. The number of carbonyl (C=O) groups excluding carboxylic acids is 1. The van der Waals surface area contributed by atoms with Crippen molar-refractivity contribution in [1.29, 1.82) is 0 Å². The van der Waals surface area contributed by atoms with Crippen LogP contribution in [0.1, 0.15) is 11.1 Å². The molecule has 0 atom stereocenters. The number of aryl methyl sites for hydroxylation is 2. The summed E-state index contributed by atoms with van der Waals surface area (Å²) in [6, 6.07) is 8.01. The van der Waals surface area contributed by atoms with Crippen LogP contribution < -0.4 is 10.1 Å². The van der Waals surface area contributed by atoms with Gasteiger partial charge in [-0.3, -0.25) is 4.79 Å². The van der Waals surface area contributed by atoms with E-state index >= 15 is 0 Å². The predicted molar refractivity (Wildman–Crippen MR) is 88.1 cm³/mol. The van der Waals surface area contributed by atoms with Crippen molar-refractivity contribution in [2.75, 3.05) is 5.32 Å². The van der Waals surface area contributed by atoms with Crippen LogP contribution in [0.2, 0.25) is 0 Å². The van der Waals surface area contributed by atoms with Gasteiger partial charge in [0.05, 0.1) is 4.47 Å². The Morgan fingerprint density at radius 1 is 1.13 bits per heavy atom. The highest BCUT2D eigenvalue weighted by atomic mass is 79.9. The number of hydrogen-bond acceptors (Lipinski definition) is 4. The highest BCUT2D eigenvalue weighted by Gasteiger charge is 2.14. The van der Waals surface area contributed by atoms with Crippen LogP contribution in [0.4, 0.5) is 5.69 Å². The fourth-order valence-electron chi connectivity index (χ4n) is 2.04. The zero-order chi connectivity index (χ0) is 17.1. The Labute approximate surface area is 140 Å². The minimum Gasteiger partial charge on any atom is -0.507 e. The van der Waals surface area contributed by atoms with Gasteiger partial charge in [-0.05, 0) is 71.2 Å². The zero-order valence-electron chi connectivity index (χ0n) is 12.4. The third kappa shape index (κ3) is 4.01. The largest absolute Gasteiger partial charge is 0.507 e. The minimum absolute atomic E-state index is 0.109. The third-order valence-corrected chi connectivity index (χ3v) is 3.69. The molecular formula is C16H14BrNO5. The number of phenols is 1. The SMILES string of the molecule is Cc1cc(NC(=O)C(=O)O)cc(C)c1Oc1ccc(O)c(Br)c1. The van der Waals surface area contributed by atoms with Crippen molar-refractivity contribution in [3.63, 3.8) is 0 Å². The Hall–Kier alpha value is -2.54. The summed E-state index contributed by atoms with van der Waals surface area (Å²) in [5.41, 5.74) is 1.84. The number of anilines is 1. The monoisotopic (exact) mass is 379 g/mol. The summed E-state index contributed by atoms with van der Waals surface area (Å²) in [5, 5.41) is 20.4. The third-order valence-electron chi connectivity index (χ3n) is 3.05. The van der Waals surface area contributed by atoms with Gasteiger partial charge in [-0.25, -0.2) is 4.79 Å². The first-order chi connectivity index (χ1) is 10.8. The number of carboxylic acids is 1. The van der Waals surface area contributed by atoms with E-state index in [4.69, 9.17) is 9.84 Å². The Morgan fingerprint density at radius 2 is 1.74 bits per heavy atom. The van der Waals surface area contributed by atoms with Crippen molar-refractivity contribution in [2.45, 2.75) is 13.8 Å². The van der Waals surface area contributed by atoms with Crippen LogP contribution in [0.15, 0.2) is 34.8 Å². The maximum atomic E-state index is 11.2. The topological polar surface area (TPSA) is 95.9 Å². The van der Waals surface area contributed by atoms with Crippen LogP contribution >= 0.6 is 15.9 Å². The van der Waals surface area contributed by atoms with Gasteiger partial charge in [0.2, 0.25) is 0 Å². The van der Waals surface area contributed by atoms with Crippen LogP contribution in [0.3, 0.4) is 0 Å². The summed E-state index contributed by atoms with van der Waals surface area (Å²) in [6.45, 7) is 3.57. The molecule has 0 bridgehead atoms. The first-order valence-corrected chi connectivity index (χ1v) is 7.39. The second kappa shape index (κ2) is 6.70. The van der Waals surface area contributed by atoms with E-state index in [1.807, 2.05) is 0 Å². The molecule has 2 aromatic rings. The molecule has 0 saturated carbocycles. The lowest BCUT2D eigenvalue weighted by atomic mass is 10.1. The molecule has 2 aromatic carbocycles. The molecule has 23 heavy (non-hydrogen) atoms. The quantitative estimate of drug-likeness (QED) is 0.708. The molecule has 0 aliphatic heterocycles. The number of hydrogen-bond donors (Lipinski definition) is 3. The first kappa shape index (κ1) is 16.8. The van der Waals surface area contributed by atoms with E-state index in [2.05, 4.69) is 21.2 Å². The second-order valence-electron chi connectivity index (χ2n) is 4.91. The summed E-state index contributed by atoms with van der Waals surface area (Å²) in [4.78, 5) is 21.8. The predicted octanol–water partition coefficient (Wildman–Crippen LogP) is 3.59.